The van der Waals surface area contributed by atoms with Gasteiger partial charge in [-0.1, -0.05) is 53.8 Å². The average molecular weight is 449 g/mol. The Morgan fingerprint density at radius 1 is 1.12 bits per heavy atom. The highest BCUT2D eigenvalue weighted by Gasteiger charge is 2.33. The van der Waals surface area contributed by atoms with E-state index in [1.807, 2.05) is 60.7 Å². The van der Waals surface area contributed by atoms with Crippen molar-refractivity contribution in [2.45, 2.75) is 32.9 Å². The van der Waals surface area contributed by atoms with Gasteiger partial charge in [-0.2, -0.15) is 0 Å². The van der Waals surface area contributed by atoms with Crippen LogP contribution in [-0.4, -0.2) is 23.8 Å². The Hall–Kier alpha value is -3.45. The molecule has 1 aromatic heterocycles. The van der Waals surface area contributed by atoms with E-state index in [1.165, 1.54) is 11.3 Å². The van der Waals surface area contributed by atoms with Crippen molar-refractivity contribution in [1.82, 2.24) is 4.57 Å². The quantitative estimate of drug-likeness (QED) is 0.562. The molecule has 2 heterocycles. The van der Waals surface area contributed by atoms with E-state index in [-0.39, 0.29) is 11.7 Å². The summed E-state index contributed by atoms with van der Waals surface area (Å²) in [7, 11) is 1.59. The maximum atomic E-state index is 13.5. The molecule has 0 radical (unpaired) electrons. The highest BCUT2D eigenvalue weighted by atomic mass is 32.1. The minimum atomic E-state index is -0.638. The fourth-order valence-corrected chi connectivity index (χ4v) is 4.71. The maximum absolute atomic E-state index is 13.5. The smallest absolute Gasteiger partial charge is 0.338 e. The summed E-state index contributed by atoms with van der Waals surface area (Å²) in [6, 6.07) is 16.4. The van der Waals surface area contributed by atoms with E-state index in [9.17, 15) is 9.59 Å². The number of hydrogen-bond acceptors (Lipinski definition) is 6. The van der Waals surface area contributed by atoms with Gasteiger partial charge in [-0.3, -0.25) is 9.36 Å². The summed E-state index contributed by atoms with van der Waals surface area (Å²) in [5.74, 6) is 0.219. The van der Waals surface area contributed by atoms with Crippen molar-refractivity contribution < 1.29 is 14.3 Å². The van der Waals surface area contributed by atoms with Gasteiger partial charge in [0.25, 0.3) is 5.56 Å². The maximum Gasteiger partial charge on any atom is 0.338 e. The molecule has 0 bridgehead atoms. The molecule has 0 amide bonds. The predicted molar refractivity (Wildman–Crippen MR) is 124 cm³/mol. The lowest BCUT2D eigenvalue weighted by molar-refractivity contribution is -0.143. The molecule has 0 fully saturated rings. The molecular weight excluding hydrogens is 424 g/mol. The summed E-state index contributed by atoms with van der Waals surface area (Å²) < 4.78 is 12.9. The summed E-state index contributed by atoms with van der Waals surface area (Å²) in [6.45, 7) is 5.37. The fraction of sp³-hybridized carbons (Fsp3) is 0.240. The Balaban J connectivity index is 1.94. The molecule has 2 aromatic carbocycles. The molecule has 1 aliphatic rings. The van der Waals surface area contributed by atoms with Crippen LogP contribution in [0.4, 0.5) is 0 Å². The number of rotatable bonds is 5. The SMILES string of the molecule is COc1ccc([C@H]2C(C(=O)OC(C)C)=C(C)N=c3s/c(=C\c4ccccc4)c(=O)n32)cc1. The van der Waals surface area contributed by atoms with Gasteiger partial charge in [0.15, 0.2) is 4.80 Å². The zero-order valence-electron chi connectivity index (χ0n) is 18.4. The Labute approximate surface area is 189 Å². The lowest BCUT2D eigenvalue weighted by Crippen LogP contribution is -2.40. The first-order valence-corrected chi connectivity index (χ1v) is 11.1. The second-order valence-corrected chi connectivity index (χ2v) is 8.73. The van der Waals surface area contributed by atoms with Gasteiger partial charge >= 0.3 is 5.97 Å². The number of methoxy groups -OCH3 is 1. The monoisotopic (exact) mass is 448 g/mol. The van der Waals surface area contributed by atoms with Crippen LogP contribution >= 0.6 is 11.3 Å². The third kappa shape index (κ3) is 4.16. The van der Waals surface area contributed by atoms with Crippen molar-refractivity contribution >= 4 is 23.4 Å². The number of carbonyl (C=O) groups is 1. The number of esters is 1. The van der Waals surface area contributed by atoms with Crippen molar-refractivity contribution in [2.75, 3.05) is 7.11 Å². The van der Waals surface area contributed by atoms with Crippen LogP contribution in [-0.2, 0) is 9.53 Å². The molecule has 32 heavy (non-hydrogen) atoms. The summed E-state index contributed by atoms with van der Waals surface area (Å²) in [4.78, 5) is 31.7. The normalized spacial score (nSPS) is 16.0. The van der Waals surface area contributed by atoms with Crippen LogP contribution in [0.15, 0.2) is 75.7 Å². The Bertz CT molecular complexity index is 1350. The highest BCUT2D eigenvalue weighted by molar-refractivity contribution is 7.07. The first kappa shape index (κ1) is 21.8. The highest BCUT2D eigenvalue weighted by Crippen LogP contribution is 2.31. The number of thiazole rings is 1. The van der Waals surface area contributed by atoms with E-state index < -0.39 is 12.0 Å². The second-order valence-electron chi connectivity index (χ2n) is 7.72. The Morgan fingerprint density at radius 3 is 2.44 bits per heavy atom. The lowest BCUT2D eigenvalue weighted by atomic mass is 9.96. The molecule has 0 aliphatic carbocycles. The average Bonchev–Trinajstić information content (AvgIpc) is 3.07. The van der Waals surface area contributed by atoms with Gasteiger partial charge < -0.3 is 9.47 Å². The van der Waals surface area contributed by atoms with Crippen LogP contribution in [0, 0.1) is 0 Å². The van der Waals surface area contributed by atoms with Crippen LogP contribution in [0.2, 0.25) is 0 Å². The van der Waals surface area contributed by atoms with Crippen LogP contribution < -0.4 is 19.6 Å². The summed E-state index contributed by atoms with van der Waals surface area (Å²) in [6.07, 6.45) is 1.56. The number of allylic oxidation sites excluding steroid dienone is 1. The number of fused-ring (bicyclic) bond motifs is 1. The summed E-state index contributed by atoms with van der Waals surface area (Å²) >= 11 is 1.31. The van der Waals surface area contributed by atoms with Gasteiger partial charge in [0, 0.05) is 0 Å². The second kappa shape index (κ2) is 8.96. The number of carbonyl (C=O) groups excluding carboxylic acids is 1. The van der Waals surface area contributed by atoms with Crippen LogP contribution in [0.5, 0.6) is 5.75 Å². The molecule has 1 atom stereocenters. The number of benzene rings is 2. The van der Waals surface area contributed by atoms with Gasteiger partial charge in [-0.15, -0.1) is 0 Å². The fourth-order valence-electron chi connectivity index (χ4n) is 3.66. The van der Waals surface area contributed by atoms with Crippen LogP contribution in [0.1, 0.15) is 37.9 Å². The van der Waals surface area contributed by atoms with Gasteiger partial charge in [-0.25, -0.2) is 9.79 Å². The predicted octanol–water partition coefficient (Wildman–Crippen LogP) is 3.20. The molecule has 0 unspecified atom stereocenters. The molecule has 3 aromatic rings. The van der Waals surface area contributed by atoms with Gasteiger partial charge in [0.2, 0.25) is 0 Å². The Morgan fingerprint density at radius 2 is 1.81 bits per heavy atom. The van der Waals surface area contributed by atoms with Crippen molar-refractivity contribution in [3.63, 3.8) is 0 Å². The zero-order chi connectivity index (χ0) is 22.8. The first-order chi connectivity index (χ1) is 15.4. The summed E-state index contributed by atoms with van der Waals surface area (Å²) in [5, 5.41) is 0. The Kier molecular flexibility index (Phi) is 6.10. The number of hydrogen-bond donors (Lipinski definition) is 0. The van der Waals surface area contributed by atoms with E-state index in [2.05, 4.69) is 4.99 Å². The molecular formula is C25H24N2O4S. The van der Waals surface area contributed by atoms with Crippen molar-refractivity contribution in [2.24, 2.45) is 4.99 Å². The number of ether oxygens (including phenoxy) is 2. The molecule has 0 N–H and O–H groups in total. The minimum Gasteiger partial charge on any atom is -0.497 e. The van der Waals surface area contributed by atoms with Gasteiger partial charge in [0.05, 0.1) is 35.1 Å². The van der Waals surface area contributed by atoms with Gasteiger partial charge in [0.1, 0.15) is 5.75 Å². The zero-order valence-corrected chi connectivity index (χ0v) is 19.2. The molecule has 1 aliphatic heterocycles. The standard InChI is InChI=1S/C25H24N2O4S/c1-15(2)31-24(29)21-16(3)26-25-27(22(21)18-10-12-19(30-4)13-11-18)23(28)20(32-25)14-17-8-6-5-7-9-17/h5-15,22H,1-4H3/b20-14-/t22-/m0/s1. The van der Waals surface area contributed by atoms with E-state index in [0.29, 0.717) is 26.4 Å². The van der Waals surface area contributed by atoms with Crippen molar-refractivity contribution in [3.8, 4) is 5.75 Å². The third-order valence-corrected chi connectivity index (χ3v) is 6.10. The van der Waals surface area contributed by atoms with E-state index in [0.717, 1.165) is 11.1 Å². The molecule has 4 rings (SSSR count). The number of nitrogens with zero attached hydrogens (tertiary/aromatic N) is 2. The van der Waals surface area contributed by atoms with E-state index in [1.54, 1.807) is 32.4 Å². The van der Waals surface area contributed by atoms with Gasteiger partial charge in [-0.05, 0) is 50.1 Å². The molecule has 164 valence electrons. The lowest BCUT2D eigenvalue weighted by Gasteiger charge is -2.25. The minimum absolute atomic E-state index is 0.194. The molecule has 6 nitrogen and oxygen atoms in total. The molecule has 0 spiro atoms. The van der Waals surface area contributed by atoms with Crippen molar-refractivity contribution in [3.05, 3.63) is 96.7 Å². The third-order valence-electron chi connectivity index (χ3n) is 5.11. The topological polar surface area (TPSA) is 69.9 Å². The van der Waals surface area contributed by atoms with Crippen molar-refractivity contribution in [1.29, 1.82) is 0 Å². The number of aromatic nitrogens is 1. The molecule has 7 heteroatoms. The summed E-state index contributed by atoms with van der Waals surface area (Å²) in [5.41, 5.74) is 2.42. The largest absolute Gasteiger partial charge is 0.497 e. The first-order valence-electron chi connectivity index (χ1n) is 10.3. The van der Waals surface area contributed by atoms with Crippen LogP contribution in [0.25, 0.3) is 6.08 Å². The van der Waals surface area contributed by atoms with E-state index >= 15 is 0 Å². The van der Waals surface area contributed by atoms with Crippen LogP contribution in [0.3, 0.4) is 0 Å². The van der Waals surface area contributed by atoms with E-state index in [4.69, 9.17) is 9.47 Å². The molecule has 0 saturated heterocycles. The molecule has 0 saturated carbocycles.